The number of aromatic nitrogens is 2. The van der Waals surface area contributed by atoms with Crippen LogP contribution in [0.2, 0.25) is 0 Å². The van der Waals surface area contributed by atoms with Crippen molar-refractivity contribution in [2.45, 2.75) is 26.1 Å². The highest BCUT2D eigenvalue weighted by molar-refractivity contribution is 5.94. The molecule has 58 heavy (non-hydrogen) atoms. The second-order valence-electron chi connectivity index (χ2n) is 14.0. The highest BCUT2D eigenvalue weighted by Crippen LogP contribution is 2.31. The van der Waals surface area contributed by atoms with Gasteiger partial charge in [0.25, 0.3) is 0 Å². The first-order valence-electron chi connectivity index (χ1n) is 19.5. The first kappa shape index (κ1) is 39.2. The molecule has 7 aromatic rings. The Hall–Kier alpha value is -7.05. The molecule has 0 saturated carbocycles. The largest absolute Gasteiger partial charge is 0.312 e. The molecule has 2 heterocycles. The number of hydrogen-bond donors (Lipinski definition) is 2. The second kappa shape index (κ2) is 19.2. The van der Waals surface area contributed by atoms with Crippen LogP contribution in [0.1, 0.15) is 42.3 Å². The van der Waals surface area contributed by atoms with Crippen LogP contribution in [0.4, 0.5) is 5.69 Å². The molecule has 2 unspecified atom stereocenters. The Morgan fingerprint density at radius 2 is 1.38 bits per heavy atom. The number of nitrogens with one attached hydrogen (secondary N) is 1. The van der Waals surface area contributed by atoms with Gasteiger partial charge in [-0.3, -0.25) is 20.3 Å². The van der Waals surface area contributed by atoms with E-state index in [1.807, 2.05) is 55.6 Å². The second-order valence-corrected chi connectivity index (χ2v) is 14.0. The molecule has 0 spiro atoms. The van der Waals surface area contributed by atoms with Crippen LogP contribution in [-0.4, -0.2) is 22.7 Å². The lowest BCUT2D eigenvalue weighted by Crippen LogP contribution is -2.37. The summed E-state index contributed by atoms with van der Waals surface area (Å²) in [6.07, 6.45) is 20.1. The zero-order valence-electron chi connectivity index (χ0n) is 32.9. The summed E-state index contributed by atoms with van der Waals surface area (Å²) in [6, 6.07) is 49.8. The van der Waals surface area contributed by atoms with Gasteiger partial charge in [0.1, 0.15) is 0 Å². The normalized spacial score (nSPS) is 13.6. The van der Waals surface area contributed by atoms with Gasteiger partial charge in [0.15, 0.2) is 0 Å². The summed E-state index contributed by atoms with van der Waals surface area (Å²) >= 11 is 0. The van der Waals surface area contributed by atoms with Crippen molar-refractivity contribution in [3.8, 4) is 22.3 Å². The highest BCUT2D eigenvalue weighted by atomic mass is 15.0. The fraction of sp³-hybridized carbons (Fsp3) is 0.0755. The number of nitrogens with zero attached hydrogens (tertiary/aromatic N) is 3. The molecular formula is C53H47N5. The van der Waals surface area contributed by atoms with Crippen molar-refractivity contribution in [1.82, 2.24) is 15.3 Å². The Balaban J connectivity index is 1.34. The molecule has 0 aliphatic heterocycles. The maximum Gasteiger partial charge on any atom is 0.0964 e. The Kier molecular flexibility index (Phi) is 13.0. The van der Waals surface area contributed by atoms with Gasteiger partial charge < -0.3 is 5.73 Å². The maximum absolute atomic E-state index is 6.96. The molecule has 5 heteroatoms. The molecule has 7 rings (SSSR count). The summed E-state index contributed by atoms with van der Waals surface area (Å²) in [7, 11) is 0. The van der Waals surface area contributed by atoms with Crippen molar-refractivity contribution in [1.29, 1.82) is 0 Å². The third-order valence-corrected chi connectivity index (χ3v) is 10.1. The fourth-order valence-corrected chi connectivity index (χ4v) is 7.02. The lowest BCUT2D eigenvalue weighted by Gasteiger charge is -2.24. The summed E-state index contributed by atoms with van der Waals surface area (Å²) < 4.78 is 0. The molecule has 2 aromatic heterocycles. The van der Waals surface area contributed by atoms with E-state index in [0.717, 1.165) is 66.7 Å². The lowest BCUT2D eigenvalue weighted by molar-refractivity contribution is 0.534. The predicted molar refractivity (Wildman–Crippen MR) is 246 cm³/mol. The minimum absolute atomic E-state index is 0.293. The van der Waals surface area contributed by atoms with E-state index < -0.39 is 6.17 Å². The van der Waals surface area contributed by atoms with Crippen LogP contribution in [0, 0.1) is 0 Å². The van der Waals surface area contributed by atoms with E-state index in [4.69, 9.17) is 5.73 Å². The number of nitrogens with two attached hydrogens (primary N) is 1. The van der Waals surface area contributed by atoms with Crippen molar-refractivity contribution >= 4 is 40.5 Å². The van der Waals surface area contributed by atoms with E-state index in [-0.39, 0.29) is 6.04 Å². The topological polar surface area (TPSA) is 76.2 Å². The van der Waals surface area contributed by atoms with Gasteiger partial charge in [-0.2, -0.15) is 0 Å². The van der Waals surface area contributed by atoms with Crippen LogP contribution < -0.4 is 11.1 Å². The average Bonchev–Trinajstić information content (AvgIpc) is 3.29. The van der Waals surface area contributed by atoms with Crippen LogP contribution in [0.3, 0.4) is 0 Å². The first-order chi connectivity index (χ1) is 28.5. The molecule has 2 atom stereocenters. The van der Waals surface area contributed by atoms with Gasteiger partial charge in [0, 0.05) is 29.5 Å². The van der Waals surface area contributed by atoms with E-state index in [2.05, 4.69) is 180 Å². The predicted octanol–water partition coefficient (Wildman–Crippen LogP) is 12.6. The summed E-state index contributed by atoms with van der Waals surface area (Å²) in [5, 5.41) is 4.80. The summed E-state index contributed by atoms with van der Waals surface area (Å²) in [4.78, 5) is 13.3. The first-order valence-corrected chi connectivity index (χ1v) is 19.5. The van der Waals surface area contributed by atoms with Gasteiger partial charge in [-0.05, 0) is 94.4 Å². The molecule has 0 saturated heterocycles. The molecule has 3 N–H and O–H groups in total. The average molecular weight is 754 g/mol. The van der Waals surface area contributed by atoms with Crippen molar-refractivity contribution in [2.24, 2.45) is 10.7 Å². The van der Waals surface area contributed by atoms with E-state index in [9.17, 15) is 0 Å². The van der Waals surface area contributed by atoms with E-state index in [1.54, 1.807) is 12.4 Å². The quantitative estimate of drug-likeness (QED) is 0.0659. The molecule has 0 radical (unpaired) electrons. The molecule has 284 valence electrons. The van der Waals surface area contributed by atoms with Gasteiger partial charge in [0.2, 0.25) is 0 Å². The van der Waals surface area contributed by atoms with Gasteiger partial charge in [-0.25, -0.2) is 0 Å². The van der Waals surface area contributed by atoms with Crippen molar-refractivity contribution in [3.63, 3.8) is 0 Å². The molecule has 0 bridgehead atoms. The van der Waals surface area contributed by atoms with Gasteiger partial charge in [0.05, 0.1) is 23.4 Å². The van der Waals surface area contributed by atoms with E-state index in [0.29, 0.717) is 0 Å². The molecule has 0 aliphatic carbocycles. The number of rotatable bonds is 14. The van der Waals surface area contributed by atoms with Gasteiger partial charge in [-0.15, -0.1) is 0 Å². The van der Waals surface area contributed by atoms with E-state index >= 15 is 0 Å². The van der Waals surface area contributed by atoms with E-state index in [1.165, 1.54) is 11.1 Å². The lowest BCUT2D eigenvalue weighted by atomic mass is 9.94. The molecule has 0 amide bonds. The van der Waals surface area contributed by atoms with Gasteiger partial charge >= 0.3 is 0 Å². The molecule has 0 fully saturated rings. The third kappa shape index (κ3) is 9.66. The van der Waals surface area contributed by atoms with Crippen LogP contribution in [0.5, 0.6) is 0 Å². The standard InChI is InChI=1S/C53H47N5/c1-4-14-47(42-27-29-43(30-28-42)49-22-12-33-56-37-49)36-48(20-11-19-44-31-32-45-21-13-34-57-52(45)51(44)55-3)50(58-53(54)46-17-9-6-10-18-46)35-38(2)39-23-25-41(26-24-39)40-15-7-5-8-16-40/h4-37,50,53,58H,3,54H2,1-2H3/b14-4+,19-11-,38-35+,47-36+,48-20+. The van der Waals surface area contributed by atoms with Crippen molar-refractivity contribution in [2.75, 3.05) is 0 Å². The summed E-state index contributed by atoms with van der Waals surface area (Å²) in [5.41, 5.74) is 20.4. The van der Waals surface area contributed by atoms with Crippen LogP contribution >= 0.6 is 0 Å². The fourth-order valence-electron chi connectivity index (χ4n) is 7.02. The smallest absolute Gasteiger partial charge is 0.0964 e. The van der Waals surface area contributed by atoms with Crippen molar-refractivity contribution < 1.29 is 0 Å². The monoisotopic (exact) mass is 753 g/mol. The van der Waals surface area contributed by atoms with Crippen LogP contribution in [0.15, 0.2) is 211 Å². The van der Waals surface area contributed by atoms with Crippen LogP contribution in [0.25, 0.3) is 50.4 Å². The Morgan fingerprint density at radius 1 is 0.724 bits per heavy atom. The zero-order valence-corrected chi connectivity index (χ0v) is 32.9. The summed E-state index contributed by atoms with van der Waals surface area (Å²) in [5.74, 6) is 0. The van der Waals surface area contributed by atoms with Crippen LogP contribution in [-0.2, 0) is 0 Å². The number of hydrogen-bond acceptors (Lipinski definition) is 5. The number of benzene rings is 5. The number of aliphatic imine (C=N–C) groups is 1. The molecule has 5 nitrogen and oxygen atoms in total. The Labute approximate surface area is 342 Å². The minimum Gasteiger partial charge on any atom is -0.312 e. The maximum atomic E-state index is 6.96. The number of pyridine rings is 2. The highest BCUT2D eigenvalue weighted by Gasteiger charge is 2.17. The van der Waals surface area contributed by atoms with Crippen molar-refractivity contribution in [3.05, 3.63) is 228 Å². The molecule has 0 aliphatic rings. The SMILES string of the molecule is C=Nc1c(\C=C/C=C(\C=C(/C=C/C)c2ccc(-c3cccnc3)cc2)C(/C=C(\C)c2ccc(-c3ccccc3)cc2)NC(N)c2ccccc2)ccc2cccnc12. The minimum atomic E-state index is -0.441. The summed E-state index contributed by atoms with van der Waals surface area (Å²) in [6.45, 7) is 8.09. The third-order valence-electron chi connectivity index (χ3n) is 10.1. The zero-order chi connectivity index (χ0) is 40.1. The number of allylic oxidation sites excluding steroid dienone is 6. The molecular weight excluding hydrogens is 707 g/mol. The number of fused-ring (bicyclic) bond motifs is 1. The van der Waals surface area contributed by atoms with Gasteiger partial charge in [-0.1, -0.05) is 170 Å². The molecule has 5 aromatic carbocycles. The Morgan fingerprint density at radius 3 is 2.07 bits per heavy atom. The Bertz CT molecular complexity index is 2600.